The third-order valence-electron chi connectivity index (χ3n) is 2.87. The van der Waals surface area contributed by atoms with Gasteiger partial charge in [-0.3, -0.25) is 10.1 Å². The summed E-state index contributed by atoms with van der Waals surface area (Å²) in [4.78, 5) is 11.1. The molecule has 15 heavy (non-hydrogen) atoms. The number of carbonyl (C=O) groups is 1. The lowest BCUT2D eigenvalue weighted by Crippen LogP contribution is -2.41. The van der Waals surface area contributed by atoms with Crippen molar-refractivity contribution >= 4 is 5.91 Å². The lowest BCUT2D eigenvalue weighted by atomic mass is 9.94. The third kappa shape index (κ3) is 4.30. The highest BCUT2D eigenvalue weighted by Gasteiger charge is 2.19. The van der Waals surface area contributed by atoms with Crippen molar-refractivity contribution in [3.8, 4) is 6.07 Å². The Morgan fingerprint density at radius 1 is 1.47 bits per heavy atom. The van der Waals surface area contributed by atoms with E-state index >= 15 is 0 Å². The predicted octanol–water partition coefficient (Wildman–Crippen LogP) is 0.937. The fraction of sp³-hybridized carbons (Fsp3) is 0.818. The number of hydrogen-bond acceptors (Lipinski definition) is 3. The number of nitriles is 1. The van der Waals surface area contributed by atoms with E-state index in [0.717, 1.165) is 12.8 Å². The molecule has 1 saturated carbocycles. The summed E-state index contributed by atoms with van der Waals surface area (Å²) in [6.45, 7) is 0. The molecular formula is C11H19N3O. The van der Waals surface area contributed by atoms with Crippen LogP contribution >= 0.6 is 0 Å². The van der Waals surface area contributed by atoms with Gasteiger partial charge >= 0.3 is 0 Å². The number of rotatable bonds is 4. The molecule has 0 spiro atoms. The highest BCUT2D eigenvalue weighted by atomic mass is 16.1. The van der Waals surface area contributed by atoms with Gasteiger partial charge in [-0.05, 0) is 12.8 Å². The minimum absolute atomic E-state index is 0.0788. The molecule has 1 amide bonds. The van der Waals surface area contributed by atoms with Crippen molar-refractivity contribution in [2.75, 3.05) is 7.05 Å². The molecule has 1 fully saturated rings. The summed E-state index contributed by atoms with van der Waals surface area (Å²) in [6.07, 6.45) is 6.28. The molecule has 0 radical (unpaired) electrons. The van der Waals surface area contributed by atoms with Crippen LogP contribution in [-0.4, -0.2) is 25.0 Å². The Kier molecular flexibility index (Phi) is 5.13. The topological polar surface area (TPSA) is 64.9 Å². The Labute approximate surface area is 91.0 Å². The zero-order chi connectivity index (χ0) is 11.1. The highest BCUT2D eigenvalue weighted by Crippen LogP contribution is 2.18. The van der Waals surface area contributed by atoms with Gasteiger partial charge in [0.15, 0.2) is 0 Å². The molecule has 0 aromatic carbocycles. The predicted molar refractivity (Wildman–Crippen MR) is 58.1 cm³/mol. The van der Waals surface area contributed by atoms with E-state index in [1.54, 1.807) is 7.05 Å². The summed E-state index contributed by atoms with van der Waals surface area (Å²) < 4.78 is 0. The van der Waals surface area contributed by atoms with Crippen LogP contribution in [0, 0.1) is 11.3 Å². The Morgan fingerprint density at radius 2 is 2.13 bits per heavy atom. The van der Waals surface area contributed by atoms with Gasteiger partial charge in [0.1, 0.15) is 6.04 Å². The first-order chi connectivity index (χ1) is 7.26. The normalized spacial score (nSPS) is 19.2. The summed E-state index contributed by atoms with van der Waals surface area (Å²) in [6, 6.07) is 2.23. The number of amides is 1. The first kappa shape index (κ1) is 12.0. The lowest BCUT2D eigenvalue weighted by molar-refractivity contribution is -0.120. The lowest BCUT2D eigenvalue weighted by Gasteiger charge is -2.25. The Morgan fingerprint density at radius 3 is 2.67 bits per heavy atom. The summed E-state index contributed by atoms with van der Waals surface area (Å²) >= 11 is 0. The second-order valence-corrected chi connectivity index (χ2v) is 4.06. The SMILES string of the molecule is CNC(=O)CC(C#N)NC1CCCCC1. The van der Waals surface area contributed by atoms with Crippen LogP contribution in [0.4, 0.5) is 0 Å². The zero-order valence-electron chi connectivity index (χ0n) is 9.25. The average molecular weight is 209 g/mol. The van der Waals surface area contributed by atoms with Gasteiger partial charge in [-0.2, -0.15) is 5.26 Å². The van der Waals surface area contributed by atoms with Gasteiger partial charge < -0.3 is 5.32 Å². The molecule has 0 bridgehead atoms. The van der Waals surface area contributed by atoms with Gasteiger partial charge in [0.25, 0.3) is 0 Å². The highest BCUT2D eigenvalue weighted by molar-refractivity contribution is 5.76. The number of nitrogens with zero attached hydrogens (tertiary/aromatic N) is 1. The van der Waals surface area contributed by atoms with E-state index in [1.807, 2.05) is 0 Å². The van der Waals surface area contributed by atoms with Crippen molar-refractivity contribution in [2.45, 2.75) is 50.6 Å². The standard InChI is InChI=1S/C11H19N3O/c1-13-11(15)7-10(8-12)14-9-5-3-2-4-6-9/h9-10,14H,2-7H2,1H3,(H,13,15). The molecule has 1 aliphatic carbocycles. The fourth-order valence-electron chi connectivity index (χ4n) is 1.98. The van der Waals surface area contributed by atoms with Crippen molar-refractivity contribution in [3.63, 3.8) is 0 Å². The van der Waals surface area contributed by atoms with E-state index in [4.69, 9.17) is 5.26 Å². The van der Waals surface area contributed by atoms with Crippen LogP contribution in [0.1, 0.15) is 38.5 Å². The average Bonchev–Trinajstić information content (AvgIpc) is 2.29. The van der Waals surface area contributed by atoms with Crippen molar-refractivity contribution in [1.29, 1.82) is 5.26 Å². The van der Waals surface area contributed by atoms with E-state index in [1.165, 1.54) is 19.3 Å². The Bertz CT molecular complexity index is 241. The van der Waals surface area contributed by atoms with Crippen LogP contribution in [0.5, 0.6) is 0 Å². The molecular weight excluding hydrogens is 190 g/mol. The maximum Gasteiger partial charge on any atom is 0.222 e. The van der Waals surface area contributed by atoms with Crippen LogP contribution in [0.2, 0.25) is 0 Å². The Balaban J connectivity index is 2.32. The first-order valence-electron chi connectivity index (χ1n) is 5.62. The second kappa shape index (κ2) is 6.41. The van der Waals surface area contributed by atoms with Crippen LogP contribution in [0.25, 0.3) is 0 Å². The molecule has 0 aromatic rings. The monoisotopic (exact) mass is 209 g/mol. The quantitative estimate of drug-likeness (QED) is 0.724. The molecule has 1 atom stereocenters. The first-order valence-corrected chi connectivity index (χ1v) is 5.62. The summed E-state index contributed by atoms with van der Waals surface area (Å²) in [5, 5.41) is 14.7. The van der Waals surface area contributed by atoms with Gasteiger partial charge in [0.2, 0.25) is 5.91 Å². The number of nitrogens with one attached hydrogen (secondary N) is 2. The maximum absolute atomic E-state index is 11.1. The van der Waals surface area contributed by atoms with E-state index < -0.39 is 0 Å². The molecule has 1 aliphatic rings. The molecule has 4 nitrogen and oxygen atoms in total. The van der Waals surface area contributed by atoms with Gasteiger partial charge in [0, 0.05) is 13.1 Å². The van der Waals surface area contributed by atoms with Crippen molar-refractivity contribution in [2.24, 2.45) is 0 Å². The summed E-state index contributed by atoms with van der Waals surface area (Å²) in [5.41, 5.74) is 0. The van der Waals surface area contributed by atoms with Gasteiger partial charge in [-0.25, -0.2) is 0 Å². The fourth-order valence-corrected chi connectivity index (χ4v) is 1.98. The minimum atomic E-state index is -0.340. The molecule has 0 aromatic heterocycles. The van der Waals surface area contributed by atoms with Crippen molar-refractivity contribution < 1.29 is 4.79 Å². The third-order valence-corrected chi connectivity index (χ3v) is 2.87. The second-order valence-electron chi connectivity index (χ2n) is 4.06. The van der Waals surface area contributed by atoms with Crippen molar-refractivity contribution in [3.05, 3.63) is 0 Å². The minimum Gasteiger partial charge on any atom is -0.359 e. The van der Waals surface area contributed by atoms with E-state index in [-0.39, 0.29) is 18.4 Å². The Hall–Kier alpha value is -1.08. The van der Waals surface area contributed by atoms with Crippen molar-refractivity contribution in [1.82, 2.24) is 10.6 Å². The van der Waals surface area contributed by atoms with E-state index in [0.29, 0.717) is 6.04 Å². The molecule has 0 saturated heterocycles. The zero-order valence-corrected chi connectivity index (χ0v) is 9.25. The summed E-state index contributed by atoms with van der Waals surface area (Å²) in [7, 11) is 1.59. The van der Waals surface area contributed by atoms with Crippen LogP contribution < -0.4 is 10.6 Å². The van der Waals surface area contributed by atoms with Gasteiger partial charge in [0.05, 0.1) is 12.5 Å². The maximum atomic E-state index is 11.1. The van der Waals surface area contributed by atoms with Crippen LogP contribution in [0.3, 0.4) is 0 Å². The number of carbonyl (C=O) groups excluding carboxylic acids is 1. The number of hydrogen-bond donors (Lipinski definition) is 2. The molecule has 4 heteroatoms. The van der Waals surface area contributed by atoms with Crippen LogP contribution in [0.15, 0.2) is 0 Å². The van der Waals surface area contributed by atoms with Gasteiger partial charge in [-0.1, -0.05) is 19.3 Å². The summed E-state index contributed by atoms with van der Waals surface area (Å²) in [5.74, 6) is -0.0788. The molecule has 1 unspecified atom stereocenters. The smallest absolute Gasteiger partial charge is 0.222 e. The molecule has 2 N–H and O–H groups in total. The van der Waals surface area contributed by atoms with E-state index in [2.05, 4.69) is 16.7 Å². The molecule has 84 valence electrons. The largest absolute Gasteiger partial charge is 0.359 e. The molecule has 1 rings (SSSR count). The van der Waals surface area contributed by atoms with Gasteiger partial charge in [-0.15, -0.1) is 0 Å². The molecule has 0 heterocycles. The van der Waals surface area contributed by atoms with Crippen LogP contribution in [-0.2, 0) is 4.79 Å². The molecule has 0 aliphatic heterocycles. The van der Waals surface area contributed by atoms with E-state index in [9.17, 15) is 4.79 Å².